The summed E-state index contributed by atoms with van der Waals surface area (Å²) in [5, 5.41) is 12.6. The van der Waals surface area contributed by atoms with E-state index in [1.54, 1.807) is 4.68 Å². The summed E-state index contributed by atoms with van der Waals surface area (Å²) in [4.78, 5) is 14.7. The number of aromatic nitrogens is 4. The zero-order valence-corrected chi connectivity index (χ0v) is 16.9. The Balaban J connectivity index is 1.44. The molecule has 3 aromatic rings. The van der Waals surface area contributed by atoms with Gasteiger partial charge in [-0.1, -0.05) is 53.7 Å². The summed E-state index contributed by atoms with van der Waals surface area (Å²) in [5.74, 6) is 0.395. The monoisotopic (exact) mass is 393 g/mol. The van der Waals surface area contributed by atoms with Crippen LogP contribution < -0.4 is 0 Å². The van der Waals surface area contributed by atoms with Crippen molar-refractivity contribution in [1.29, 1.82) is 0 Å². The largest absolute Gasteiger partial charge is 0.338 e. The number of aryl methyl sites for hydroxylation is 2. The van der Waals surface area contributed by atoms with Crippen LogP contribution in [0, 0.1) is 6.92 Å². The van der Waals surface area contributed by atoms with E-state index in [1.807, 2.05) is 43.1 Å². The Labute approximate surface area is 168 Å². The first-order valence-electron chi connectivity index (χ1n) is 9.45. The van der Waals surface area contributed by atoms with Crippen molar-refractivity contribution in [1.82, 2.24) is 25.1 Å². The Morgan fingerprint density at radius 2 is 2.00 bits per heavy atom. The summed E-state index contributed by atoms with van der Waals surface area (Å²) in [6.07, 6.45) is 3.21. The minimum absolute atomic E-state index is 0.0881. The standard InChI is InChI=1S/C21H23N5OS/c1-15-10-12-17(13-11-15)26-21(22-23-24-26)28-14-20(27)25(2)19-9-5-7-16-6-3-4-8-18(16)19/h3-4,6,8,10-13,19H,5,7,9,14H2,1-2H3/t19-/m1/s1. The molecule has 7 heteroatoms. The predicted molar refractivity (Wildman–Crippen MR) is 110 cm³/mol. The number of rotatable bonds is 5. The molecule has 2 aromatic carbocycles. The number of nitrogens with zero attached hydrogens (tertiary/aromatic N) is 5. The van der Waals surface area contributed by atoms with E-state index in [0.717, 1.165) is 24.9 Å². The Hall–Kier alpha value is -2.67. The normalized spacial score (nSPS) is 15.9. The summed E-state index contributed by atoms with van der Waals surface area (Å²) < 4.78 is 1.67. The lowest BCUT2D eigenvalue weighted by molar-refractivity contribution is -0.129. The second kappa shape index (κ2) is 8.14. The maximum absolute atomic E-state index is 12.9. The third-order valence-corrected chi connectivity index (χ3v) is 6.15. The quantitative estimate of drug-likeness (QED) is 0.620. The first-order valence-corrected chi connectivity index (χ1v) is 10.4. The number of amides is 1. The third-order valence-electron chi connectivity index (χ3n) is 5.24. The Morgan fingerprint density at radius 1 is 1.21 bits per heavy atom. The van der Waals surface area contributed by atoms with E-state index in [0.29, 0.717) is 10.9 Å². The summed E-state index contributed by atoms with van der Waals surface area (Å²) in [6.45, 7) is 2.04. The molecule has 4 rings (SSSR count). The maximum Gasteiger partial charge on any atom is 0.233 e. The highest BCUT2D eigenvalue weighted by molar-refractivity contribution is 7.99. The molecule has 1 amide bonds. The number of carbonyl (C=O) groups excluding carboxylic acids is 1. The van der Waals surface area contributed by atoms with Gasteiger partial charge in [0.1, 0.15) is 0 Å². The van der Waals surface area contributed by atoms with Crippen LogP contribution in [-0.4, -0.2) is 43.8 Å². The van der Waals surface area contributed by atoms with E-state index in [-0.39, 0.29) is 11.9 Å². The molecule has 1 aromatic heterocycles. The van der Waals surface area contributed by atoms with Crippen molar-refractivity contribution in [2.24, 2.45) is 0 Å². The van der Waals surface area contributed by atoms with Gasteiger partial charge >= 0.3 is 0 Å². The Bertz CT molecular complexity index is 969. The van der Waals surface area contributed by atoms with E-state index in [4.69, 9.17) is 0 Å². The second-order valence-corrected chi connectivity index (χ2v) is 8.05. The molecule has 0 radical (unpaired) electrons. The second-order valence-electron chi connectivity index (χ2n) is 7.11. The topological polar surface area (TPSA) is 63.9 Å². The first kappa shape index (κ1) is 18.7. The SMILES string of the molecule is Cc1ccc(-n2nnnc2SCC(=O)N(C)[C@@H]2CCCc3ccccc32)cc1. The molecule has 1 heterocycles. The van der Waals surface area contributed by atoms with E-state index in [1.165, 1.54) is 28.5 Å². The van der Waals surface area contributed by atoms with Gasteiger partial charge in [-0.25, -0.2) is 0 Å². The van der Waals surface area contributed by atoms with Crippen LogP contribution in [0.5, 0.6) is 0 Å². The van der Waals surface area contributed by atoms with E-state index in [2.05, 4.69) is 39.8 Å². The lowest BCUT2D eigenvalue weighted by atomic mass is 9.87. The molecule has 144 valence electrons. The summed E-state index contributed by atoms with van der Waals surface area (Å²) in [7, 11) is 1.90. The number of hydrogen-bond donors (Lipinski definition) is 0. The van der Waals surface area contributed by atoms with Crippen LogP contribution in [0.1, 0.15) is 35.6 Å². The van der Waals surface area contributed by atoms with Crippen molar-refractivity contribution in [3.05, 3.63) is 65.2 Å². The fraction of sp³-hybridized carbons (Fsp3) is 0.333. The van der Waals surface area contributed by atoms with Crippen LogP contribution >= 0.6 is 11.8 Å². The number of carbonyl (C=O) groups is 1. The average Bonchev–Trinajstić information content (AvgIpc) is 3.20. The van der Waals surface area contributed by atoms with Gasteiger partial charge in [-0.3, -0.25) is 4.79 Å². The highest BCUT2D eigenvalue weighted by Gasteiger charge is 2.26. The van der Waals surface area contributed by atoms with E-state index >= 15 is 0 Å². The maximum atomic E-state index is 12.9. The van der Waals surface area contributed by atoms with Crippen LogP contribution in [-0.2, 0) is 11.2 Å². The van der Waals surface area contributed by atoms with Crippen molar-refractivity contribution in [2.45, 2.75) is 37.4 Å². The molecule has 1 atom stereocenters. The molecule has 0 spiro atoms. The lowest BCUT2D eigenvalue weighted by Crippen LogP contribution is -2.34. The molecule has 0 saturated heterocycles. The molecule has 1 aliphatic rings. The molecule has 28 heavy (non-hydrogen) atoms. The molecule has 6 nitrogen and oxygen atoms in total. The summed E-state index contributed by atoms with van der Waals surface area (Å²) >= 11 is 1.37. The van der Waals surface area contributed by atoms with Crippen molar-refractivity contribution in [3.8, 4) is 5.69 Å². The van der Waals surface area contributed by atoms with Gasteiger partial charge in [0.2, 0.25) is 11.1 Å². The van der Waals surface area contributed by atoms with Gasteiger partial charge in [-0.15, -0.1) is 5.10 Å². The fourth-order valence-electron chi connectivity index (χ4n) is 3.65. The Morgan fingerprint density at radius 3 is 2.82 bits per heavy atom. The fourth-order valence-corrected chi connectivity index (χ4v) is 4.46. The van der Waals surface area contributed by atoms with E-state index in [9.17, 15) is 4.79 Å². The van der Waals surface area contributed by atoms with E-state index < -0.39 is 0 Å². The molecule has 0 N–H and O–H groups in total. The van der Waals surface area contributed by atoms with Gasteiger partial charge in [0.25, 0.3) is 0 Å². The minimum atomic E-state index is 0.0881. The van der Waals surface area contributed by atoms with Gasteiger partial charge in [-0.2, -0.15) is 4.68 Å². The number of tetrazole rings is 1. The van der Waals surface area contributed by atoms with Crippen LogP contribution in [0.4, 0.5) is 0 Å². The summed E-state index contributed by atoms with van der Waals surface area (Å²) in [6, 6.07) is 16.6. The van der Waals surface area contributed by atoms with Gasteiger partial charge in [-0.05, 0) is 59.9 Å². The number of thioether (sulfide) groups is 1. The summed E-state index contributed by atoms with van der Waals surface area (Å²) in [5.41, 5.74) is 4.70. The molecule has 0 fully saturated rings. The molecule has 0 unspecified atom stereocenters. The van der Waals surface area contributed by atoms with Crippen LogP contribution in [0.25, 0.3) is 5.69 Å². The number of hydrogen-bond acceptors (Lipinski definition) is 5. The van der Waals surface area contributed by atoms with Crippen molar-refractivity contribution < 1.29 is 4.79 Å². The number of fused-ring (bicyclic) bond motifs is 1. The van der Waals surface area contributed by atoms with Crippen molar-refractivity contribution in [2.75, 3.05) is 12.8 Å². The first-order chi connectivity index (χ1) is 13.6. The van der Waals surface area contributed by atoms with Crippen molar-refractivity contribution >= 4 is 17.7 Å². The Kier molecular flexibility index (Phi) is 5.43. The highest BCUT2D eigenvalue weighted by atomic mass is 32.2. The molecule has 0 saturated carbocycles. The van der Waals surface area contributed by atoms with Crippen LogP contribution in [0.15, 0.2) is 53.7 Å². The molecular formula is C21H23N5OS. The molecule has 0 bridgehead atoms. The van der Waals surface area contributed by atoms with Gasteiger partial charge in [0.15, 0.2) is 0 Å². The number of benzene rings is 2. The van der Waals surface area contributed by atoms with Crippen molar-refractivity contribution in [3.63, 3.8) is 0 Å². The predicted octanol–water partition coefficient (Wildman–Crippen LogP) is 3.60. The smallest absolute Gasteiger partial charge is 0.233 e. The zero-order chi connectivity index (χ0) is 19.5. The molecule has 1 aliphatic carbocycles. The molecule has 0 aliphatic heterocycles. The molecular weight excluding hydrogens is 370 g/mol. The van der Waals surface area contributed by atoms with Crippen LogP contribution in [0.2, 0.25) is 0 Å². The van der Waals surface area contributed by atoms with Gasteiger partial charge < -0.3 is 4.90 Å². The van der Waals surface area contributed by atoms with Gasteiger partial charge in [0.05, 0.1) is 17.5 Å². The average molecular weight is 394 g/mol. The van der Waals surface area contributed by atoms with Gasteiger partial charge in [0, 0.05) is 7.05 Å². The zero-order valence-electron chi connectivity index (χ0n) is 16.1. The third kappa shape index (κ3) is 3.80. The van der Waals surface area contributed by atoms with Crippen LogP contribution in [0.3, 0.4) is 0 Å². The highest BCUT2D eigenvalue weighted by Crippen LogP contribution is 2.34. The minimum Gasteiger partial charge on any atom is -0.338 e. The lowest BCUT2D eigenvalue weighted by Gasteiger charge is -2.33.